The number of benzene rings is 1. The van der Waals surface area contributed by atoms with E-state index in [0.29, 0.717) is 29.4 Å². The topological polar surface area (TPSA) is 61.6 Å². The van der Waals surface area contributed by atoms with E-state index in [-0.39, 0.29) is 0 Å². The Bertz CT molecular complexity index is 474. The number of rotatable bonds is 14. The average Bonchev–Trinajstić information content (AvgIpc) is 2.59. The first-order valence-corrected chi connectivity index (χ1v) is 9.28. The summed E-state index contributed by atoms with van der Waals surface area (Å²) < 4.78 is 10.8. The molecule has 0 saturated heterocycles. The summed E-state index contributed by atoms with van der Waals surface area (Å²) in [6.45, 7) is 2.86. The third-order valence-corrected chi connectivity index (χ3v) is 4.24. The van der Waals surface area contributed by atoms with Crippen molar-refractivity contribution in [2.24, 2.45) is 0 Å². The second kappa shape index (κ2) is 12.7. The fourth-order valence-electron chi connectivity index (χ4n) is 2.76. The molecule has 136 valence electrons. The van der Waals surface area contributed by atoms with Gasteiger partial charge in [0, 0.05) is 6.07 Å². The van der Waals surface area contributed by atoms with Crippen LogP contribution in [0.15, 0.2) is 12.1 Å². The Hall–Kier alpha value is -1.71. The molecule has 0 fully saturated rings. The van der Waals surface area contributed by atoms with Gasteiger partial charge in [0.25, 0.3) is 0 Å². The van der Waals surface area contributed by atoms with E-state index in [9.17, 15) is 4.79 Å². The monoisotopic (exact) mass is 335 g/mol. The number of unbranched alkanes of at least 4 members (excludes halogenated alkanes) is 9. The minimum absolute atomic E-state index is 0.480. The van der Waals surface area contributed by atoms with Gasteiger partial charge in [-0.05, 0) is 12.5 Å². The number of carbonyl (C=O) groups is 1. The largest absolute Gasteiger partial charge is 0.495 e. The molecule has 0 aliphatic carbocycles. The Labute approximate surface area is 146 Å². The van der Waals surface area contributed by atoms with Crippen LogP contribution < -0.4 is 15.2 Å². The van der Waals surface area contributed by atoms with Gasteiger partial charge in [-0.15, -0.1) is 0 Å². The zero-order valence-corrected chi connectivity index (χ0v) is 15.3. The van der Waals surface area contributed by atoms with E-state index in [1.807, 2.05) is 0 Å². The number of anilines is 1. The lowest BCUT2D eigenvalue weighted by Crippen LogP contribution is -2.02. The third kappa shape index (κ3) is 7.71. The van der Waals surface area contributed by atoms with Crippen molar-refractivity contribution in [1.82, 2.24) is 0 Å². The first-order chi connectivity index (χ1) is 11.7. The molecule has 24 heavy (non-hydrogen) atoms. The molecular weight excluding hydrogens is 302 g/mol. The summed E-state index contributed by atoms with van der Waals surface area (Å²) in [5.41, 5.74) is 6.83. The highest BCUT2D eigenvalue weighted by Crippen LogP contribution is 2.30. The Morgan fingerprint density at radius 2 is 1.50 bits per heavy atom. The van der Waals surface area contributed by atoms with Crippen LogP contribution in [0, 0.1) is 0 Å². The van der Waals surface area contributed by atoms with Crippen LogP contribution in [0.3, 0.4) is 0 Å². The van der Waals surface area contributed by atoms with Crippen molar-refractivity contribution in [3.63, 3.8) is 0 Å². The molecule has 1 aromatic carbocycles. The highest BCUT2D eigenvalue weighted by molar-refractivity contribution is 5.82. The van der Waals surface area contributed by atoms with Crippen LogP contribution in [0.1, 0.15) is 81.5 Å². The molecule has 0 aliphatic heterocycles. The van der Waals surface area contributed by atoms with Crippen LogP contribution in [-0.4, -0.2) is 20.0 Å². The number of aldehydes is 1. The molecule has 0 bridgehead atoms. The summed E-state index contributed by atoms with van der Waals surface area (Å²) >= 11 is 0. The van der Waals surface area contributed by atoms with Crippen molar-refractivity contribution in [2.75, 3.05) is 19.5 Å². The van der Waals surface area contributed by atoms with Crippen molar-refractivity contribution >= 4 is 12.0 Å². The number of hydrogen-bond donors (Lipinski definition) is 1. The molecule has 0 amide bonds. The standard InChI is InChI=1S/C20H33NO3/c1-3-4-5-6-7-8-9-10-11-12-13-24-19-15-18(21)20(23-2)14-17(19)16-22/h14-16H,3-13,21H2,1-2H3. The summed E-state index contributed by atoms with van der Waals surface area (Å²) in [6, 6.07) is 3.29. The van der Waals surface area contributed by atoms with Crippen LogP contribution in [0.5, 0.6) is 11.5 Å². The van der Waals surface area contributed by atoms with E-state index in [1.54, 1.807) is 12.1 Å². The molecule has 0 aromatic heterocycles. The van der Waals surface area contributed by atoms with Crippen LogP contribution >= 0.6 is 0 Å². The zero-order valence-electron chi connectivity index (χ0n) is 15.3. The Morgan fingerprint density at radius 1 is 0.917 bits per heavy atom. The van der Waals surface area contributed by atoms with Gasteiger partial charge in [-0.3, -0.25) is 4.79 Å². The number of nitrogens with two attached hydrogens (primary N) is 1. The zero-order chi connectivity index (χ0) is 17.6. The Kier molecular flexibility index (Phi) is 10.7. The molecule has 0 atom stereocenters. The second-order valence-electron chi connectivity index (χ2n) is 6.28. The van der Waals surface area contributed by atoms with Gasteiger partial charge in [-0.25, -0.2) is 0 Å². The number of hydrogen-bond acceptors (Lipinski definition) is 4. The first-order valence-electron chi connectivity index (χ1n) is 9.28. The predicted molar refractivity (Wildman–Crippen MR) is 100 cm³/mol. The average molecular weight is 335 g/mol. The maximum atomic E-state index is 11.1. The molecule has 0 saturated carbocycles. The molecule has 0 heterocycles. The van der Waals surface area contributed by atoms with E-state index >= 15 is 0 Å². The lowest BCUT2D eigenvalue weighted by molar-refractivity contribution is 0.111. The predicted octanol–water partition coefficient (Wildman–Crippen LogP) is 5.39. The van der Waals surface area contributed by atoms with Gasteiger partial charge in [0.1, 0.15) is 11.5 Å². The van der Waals surface area contributed by atoms with Crippen molar-refractivity contribution in [1.29, 1.82) is 0 Å². The van der Waals surface area contributed by atoms with E-state index in [4.69, 9.17) is 15.2 Å². The van der Waals surface area contributed by atoms with Crippen molar-refractivity contribution in [3.05, 3.63) is 17.7 Å². The molecule has 2 N–H and O–H groups in total. The SMILES string of the molecule is CCCCCCCCCCCCOc1cc(N)c(OC)cc1C=O. The normalized spacial score (nSPS) is 10.6. The maximum absolute atomic E-state index is 11.1. The fourth-order valence-corrected chi connectivity index (χ4v) is 2.76. The molecule has 0 radical (unpaired) electrons. The minimum Gasteiger partial charge on any atom is -0.495 e. The van der Waals surface area contributed by atoms with Crippen LogP contribution in [0.4, 0.5) is 5.69 Å². The van der Waals surface area contributed by atoms with Crippen LogP contribution in [0.25, 0.3) is 0 Å². The smallest absolute Gasteiger partial charge is 0.153 e. The Morgan fingerprint density at radius 3 is 2.04 bits per heavy atom. The summed E-state index contributed by atoms with van der Waals surface area (Å²) in [4.78, 5) is 11.1. The van der Waals surface area contributed by atoms with Crippen molar-refractivity contribution in [3.8, 4) is 11.5 Å². The molecule has 4 heteroatoms. The van der Waals surface area contributed by atoms with Gasteiger partial charge in [-0.2, -0.15) is 0 Å². The van der Waals surface area contributed by atoms with Crippen LogP contribution in [0.2, 0.25) is 0 Å². The quantitative estimate of drug-likeness (QED) is 0.281. The third-order valence-electron chi connectivity index (χ3n) is 4.24. The molecular formula is C20H33NO3. The first kappa shape index (κ1) is 20.3. The highest BCUT2D eigenvalue weighted by atomic mass is 16.5. The van der Waals surface area contributed by atoms with Crippen molar-refractivity contribution in [2.45, 2.75) is 71.1 Å². The van der Waals surface area contributed by atoms with E-state index in [1.165, 1.54) is 58.5 Å². The highest BCUT2D eigenvalue weighted by Gasteiger charge is 2.09. The fraction of sp³-hybridized carbons (Fsp3) is 0.650. The van der Waals surface area contributed by atoms with Gasteiger partial charge < -0.3 is 15.2 Å². The Balaban J connectivity index is 2.15. The van der Waals surface area contributed by atoms with E-state index in [0.717, 1.165) is 19.1 Å². The van der Waals surface area contributed by atoms with Gasteiger partial charge in [0.05, 0.1) is 25.0 Å². The molecule has 4 nitrogen and oxygen atoms in total. The van der Waals surface area contributed by atoms with Gasteiger partial charge in [0.2, 0.25) is 0 Å². The lowest BCUT2D eigenvalue weighted by Gasteiger charge is -2.12. The van der Waals surface area contributed by atoms with E-state index in [2.05, 4.69) is 6.92 Å². The number of carbonyl (C=O) groups excluding carboxylic acids is 1. The summed E-state index contributed by atoms with van der Waals surface area (Å²) in [5.74, 6) is 1.04. The maximum Gasteiger partial charge on any atom is 0.153 e. The molecule has 1 aromatic rings. The molecule has 0 unspecified atom stereocenters. The number of methoxy groups -OCH3 is 1. The number of nitrogen functional groups attached to an aromatic ring is 1. The lowest BCUT2D eigenvalue weighted by atomic mass is 10.1. The molecule has 0 spiro atoms. The van der Waals surface area contributed by atoms with Gasteiger partial charge in [-0.1, -0.05) is 64.7 Å². The molecule has 0 aliphatic rings. The van der Waals surface area contributed by atoms with Gasteiger partial charge >= 0.3 is 0 Å². The summed E-state index contributed by atoms with van der Waals surface area (Å²) in [7, 11) is 1.53. The molecule has 1 rings (SSSR count). The second-order valence-corrected chi connectivity index (χ2v) is 6.28. The summed E-state index contributed by atoms with van der Waals surface area (Å²) in [6.07, 6.45) is 13.6. The number of ether oxygens (including phenoxy) is 2. The summed E-state index contributed by atoms with van der Waals surface area (Å²) in [5, 5.41) is 0. The van der Waals surface area contributed by atoms with E-state index < -0.39 is 0 Å². The van der Waals surface area contributed by atoms with Crippen LogP contribution in [-0.2, 0) is 0 Å². The van der Waals surface area contributed by atoms with Crippen molar-refractivity contribution < 1.29 is 14.3 Å². The van der Waals surface area contributed by atoms with Gasteiger partial charge in [0.15, 0.2) is 6.29 Å². The minimum atomic E-state index is 0.480.